The summed E-state index contributed by atoms with van der Waals surface area (Å²) in [5.41, 5.74) is 2.25. The van der Waals surface area contributed by atoms with E-state index in [0.717, 1.165) is 24.2 Å². The van der Waals surface area contributed by atoms with Crippen molar-refractivity contribution < 1.29 is 19.1 Å². The number of amides is 1. The highest BCUT2D eigenvalue weighted by atomic mass is 16.6. The van der Waals surface area contributed by atoms with Crippen molar-refractivity contribution in [3.63, 3.8) is 0 Å². The maximum atomic E-state index is 12.3. The summed E-state index contributed by atoms with van der Waals surface area (Å²) in [6.45, 7) is 7.51. The van der Waals surface area contributed by atoms with Crippen LogP contribution >= 0.6 is 0 Å². The molecule has 4 rings (SSSR count). The van der Waals surface area contributed by atoms with Gasteiger partial charge < -0.3 is 19.3 Å². The minimum atomic E-state index is -0.467. The molecule has 2 atom stereocenters. The number of ether oxygens (including phenoxy) is 2. The number of carbonyl (C=O) groups is 2. The van der Waals surface area contributed by atoms with Gasteiger partial charge in [0.1, 0.15) is 12.2 Å². The number of carbonyl (C=O) groups excluding carboxylic acids is 2. The van der Waals surface area contributed by atoms with Gasteiger partial charge in [0.15, 0.2) is 0 Å². The highest BCUT2D eigenvalue weighted by Crippen LogP contribution is 2.36. The number of cyclic esters (lactones) is 1. The molecule has 1 aromatic rings. The summed E-state index contributed by atoms with van der Waals surface area (Å²) in [4.78, 5) is 28.1. The van der Waals surface area contributed by atoms with Gasteiger partial charge in [-0.2, -0.15) is 0 Å². The second kappa shape index (κ2) is 5.13. The van der Waals surface area contributed by atoms with Crippen LogP contribution in [0.15, 0.2) is 18.2 Å². The van der Waals surface area contributed by atoms with E-state index in [1.807, 2.05) is 43.9 Å². The topological polar surface area (TPSA) is 59.1 Å². The van der Waals surface area contributed by atoms with Gasteiger partial charge in [-0.05, 0) is 45.4 Å². The van der Waals surface area contributed by atoms with Gasteiger partial charge in [-0.3, -0.25) is 0 Å². The van der Waals surface area contributed by atoms with Gasteiger partial charge in [0, 0.05) is 30.4 Å². The lowest BCUT2D eigenvalue weighted by molar-refractivity contribution is 0.0214. The molecule has 0 aliphatic carbocycles. The number of hydrogen-bond donors (Lipinski definition) is 0. The number of hydrogen-bond acceptors (Lipinski definition) is 5. The van der Waals surface area contributed by atoms with Crippen molar-refractivity contribution >= 4 is 17.7 Å². The molecule has 2 bridgehead atoms. The Morgan fingerprint density at radius 2 is 2.04 bits per heavy atom. The minimum Gasteiger partial charge on any atom is -0.457 e. The summed E-state index contributed by atoms with van der Waals surface area (Å²) >= 11 is 0. The normalized spacial score (nSPS) is 25.0. The van der Waals surface area contributed by atoms with Crippen LogP contribution in [0.1, 0.15) is 43.1 Å². The highest BCUT2D eigenvalue weighted by Gasteiger charge is 2.46. The third-order valence-electron chi connectivity index (χ3n) is 4.87. The molecule has 0 spiro atoms. The number of fused-ring (bicyclic) bond motifs is 3. The number of piperazine rings is 1. The van der Waals surface area contributed by atoms with Gasteiger partial charge in [0.05, 0.1) is 11.6 Å². The highest BCUT2D eigenvalue weighted by molar-refractivity contribution is 5.94. The predicted molar refractivity (Wildman–Crippen MR) is 88.0 cm³/mol. The molecule has 3 aliphatic rings. The Kier molecular flexibility index (Phi) is 3.27. The van der Waals surface area contributed by atoms with Crippen molar-refractivity contribution in [2.45, 2.75) is 51.5 Å². The van der Waals surface area contributed by atoms with Crippen molar-refractivity contribution in [2.75, 3.05) is 18.0 Å². The molecule has 0 unspecified atom stereocenters. The fraction of sp³-hybridized carbons (Fsp3) is 0.556. The summed E-state index contributed by atoms with van der Waals surface area (Å²) in [7, 11) is 0. The average Bonchev–Trinajstić information content (AvgIpc) is 3.19. The summed E-state index contributed by atoms with van der Waals surface area (Å²) in [6, 6.07) is 6.36. The van der Waals surface area contributed by atoms with Crippen LogP contribution in [0.3, 0.4) is 0 Å². The van der Waals surface area contributed by atoms with E-state index in [1.165, 1.54) is 0 Å². The lowest BCUT2D eigenvalue weighted by atomic mass is 10.1. The quantitative estimate of drug-likeness (QED) is 0.741. The standard InChI is InChI=1S/C18H22N2O4/c1-18(2,3)24-17(22)20-9-13-7-14(20)8-19(13)12-4-5-15-11(6-12)10-23-16(15)21/h4-6,13-14H,7-10H2,1-3H3/t13-,14-/m1/s1. The van der Waals surface area contributed by atoms with Crippen LogP contribution in [0.2, 0.25) is 0 Å². The average molecular weight is 330 g/mol. The first kappa shape index (κ1) is 15.3. The van der Waals surface area contributed by atoms with Crippen molar-refractivity contribution in [3.8, 4) is 0 Å². The van der Waals surface area contributed by atoms with E-state index < -0.39 is 5.60 Å². The van der Waals surface area contributed by atoms with Gasteiger partial charge >= 0.3 is 12.1 Å². The van der Waals surface area contributed by atoms with E-state index in [2.05, 4.69) is 4.90 Å². The molecule has 24 heavy (non-hydrogen) atoms. The molecule has 1 aromatic carbocycles. The lowest BCUT2D eigenvalue weighted by Gasteiger charge is -2.36. The molecule has 2 saturated heterocycles. The van der Waals surface area contributed by atoms with Gasteiger partial charge in [-0.25, -0.2) is 9.59 Å². The Balaban J connectivity index is 1.47. The van der Waals surface area contributed by atoms with E-state index in [4.69, 9.17) is 9.47 Å². The Hall–Kier alpha value is -2.24. The smallest absolute Gasteiger partial charge is 0.410 e. The predicted octanol–water partition coefficient (Wildman–Crippen LogP) is 2.56. The SMILES string of the molecule is CC(C)(C)OC(=O)N1C[C@H]2C[C@@H]1CN2c1ccc2c(c1)COC2=O. The second-order valence-electron chi connectivity index (χ2n) is 7.75. The first-order valence-corrected chi connectivity index (χ1v) is 8.38. The maximum absolute atomic E-state index is 12.3. The van der Waals surface area contributed by atoms with Crippen LogP contribution in [0.4, 0.5) is 10.5 Å². The number of benzene rings is 1. The van der Waals surface area contributed by atoms with Crippen LogP contribution in [-0.2, 0) is 16.1 Å². The fourth-order valence-corrected chi connectivity index (χ4v) is 3.83. The molecule has 0 N–H and O–H groups in total. The molecule has 3 heterocycles. The number of likely N-dealkylation sites (tertiary alicyclic amines) is 1. The van der Waals surface area contributed by atoms with Crippen molar-refractivity contribution in [1.82, 2.24) is 4.90 Å². The first-order chi connectivity index (χ1) is 11.3. The Bertz CT molecular complexity index is 709. The van der Waals surface area contributed by atoms with Gasteiger partial charge in [-0.1, -0.05) is 0 Å². The van der Waals surface area contributed by atoms with Gasteiger partial charge in [0.2, 0.25) is 0 Å². The van der Waals surface area contributed by atoms with E-state index in [0.29, 0.717) is 24.8 Å². The Morgan fingerprint density at radius 3 is 2.71 bits per heavy atom. The largest absolute Gasteiger partial charge is 0.457 e. The second-order valence-corrected chi connectivity index (χ2v) is 7.75. The number of esters is 1. The van der Waals surface area contributed by atoms with Crippen LogP contribution in [0.5, 0.6) is 0 Å². The summed E-state index contributed by atoms with van der Waals surface area (Å²) in [5.74, 6) is -0.240. The molecule has 1 amide bonds. The monoisotopic (exact) mass is 330 g/mol. The maximum Gasteiger partial charge on any atom is 0.410 e. The molecule has 128 valence electrons. The molecule has 0 radical (unpaired) electrons. The van der Waals surface area contributed by atoms with Crippen molar-refractivity contribution in [1.29, 1.82) is 0 Å². The molecule has 6 nitrogen and oxygen atoms in total. The summed E-state index contributed by atoms with van der Waals surface area (Å²) in [6.07, 6.45) is 0.744. The van der Waals surface area contributed by atoms with E-state index in [-0.39, 0.29) is 18.1 Å². The zero-order valence-corrected chi connectivity index (χ0v) is 14.2. The number of anilines is 1. The molecule has 2 fully saturated rings. The molecular formula is C18H22N2O4. The lowest BCUT2D eigenvalue weighted by Crippen LogP contribution is -2.50. The first-order valence-electron chi connectivity index (χ1n) is 8.38. The molecule has 0 saturated carbocycles. The summed E-state index contributed by atoms with van der Waals surface area (Å²) in [5, 5.41) is 0. The van der Waals surface area contributed by atoms with Crippen molar-refractivity contribution in [2.24, 2.45) is 0 Å². The molecular weight excluding hydrogens is 308 g/mol. The third kappa shape index (κ3) is 2.50. The molecule has 0 aromatic heterocycles. The summed E-state index contributed by atoms with van der Waals surface area (Å²) < 4.78 is 10.6. The van der Waals surface area contributed by atoms with Crippen LogP contribution in [0.25, 0.3) is 0 Å². The molecule has 3 aliphatic heterocycles. The van der Waals surface area contributed by atoms with E-state index in [9.17, 15) is 9.59 Å². The minimum absolute atomic E-state index is 0.191. The number of rotatable bonds is 1. The Labute approximate surface area is 141 Å². The van der Waals surface area contributed by atoms with Crippen LogP contribution in [-0.4, -0.2) is 47.7 Å². The Morgan fingerprint density at radius 1 is 1.25 bits per heavy atom. The third-order valence-corrected chi connectivity index (χ3v) is 4.87. The van der Waals surface area contributed by atoms with Crippen molar-refractivity contribution in [3.05, 3.63) is 29.3 Å². The van der Waals surface area contributed by atoms with Gasteiger partial charge in [0.25, 0.3) is 0 Å². The van der Waals surface area contributed by atoms with Crippen LogP contribution in [0, 0.1) is 0 Å². The van der Waals surface area contributed by atoms with E-state index >= 15 is 0 Å². The van der Waals surface area contributed by atoms with Gasteiger partial charge in [-0.15, -0.1) is 0 Å². The zero-order valence-electron chi connectivity index (χ0n) is 14.2. The fourth-order valence-electron chi connectivity index (χ4n) is 3.83. The zero-order chi connectivity index (χ0) is 17.1. The van der Waals surface area contributed by atoms with E-state index in [1.54, 1.807) is 0 Å². The van der Waals surface area contributed by atoms with Crippen LogP contribution < -0.4 is 4.90 Å². The molecule has 6 heteroatoms. The number of nitrogens with zero attached hydrogens (tertiary/aromatic N) is 2.